The number of nitrogens with zero attached hydrogens (tertiary/aromatic N) is 3. The average Bonchev–Trinajstić information content (AvgIpc) is 2.92. The molecule has 3 aromatic rings. The Morgan fingerprint density at radius 3 is 2.91 bits per heavy atom. The number of aromatic nitrogens is 3. The van der Waals surface area contributed by atoms with Crippen molar-refractivity contribution in [2.24, 2.45) is 0 Å². The molecule has 0 saturated heterocycles. The van der Waals surface area contributed by atoms with E-state index in [4.69, 9.17) is 0 Å². The molecular formula is C16H18N4OS. The van der Waals surface area contributed by atoms with Gasteiger partial charge in [0, 0.05) is 11.8 Å². The minimum absolute atomic E-state index is 0.126. The van der Waals surface area contributed by atoms with Crippen LogP contribution in [0.15, 0.2) is 29.1 Å². The van der Waals surface area contributed by atoms with Crippen LogP contribution in [0.1, 0.15) is 28.8 Å². The topological polar surface area (TPSA) is 59.3 Å². The van der Waals surface area contributed by atoms with Gasteiger partial charge in [0.1, 0.15) is 5.01 Å². The Morgan fingerprint density at radius 2 is 2.14 bits per heavy atom. The van der Waals surface area contributed by atoms with Crippen molar-refractivity contribution in [3.8, 4) is 0 Å². The molecule has 0 saturated carbocycles. The molecule has 0 aliphatic carbocycles. The number of nitrogens with one attached hydrogen (secondary N) is 1. The molecule has 0 unspecified atom stereocenters. The van der Waals surface area contributed by atoms with E-state index in [2.05, 4.69) is 35.3 Å². The molecule has 5 nitrogen and oxygen atoms in total. The number of hydrogen-bond acceptors (Lipinski definition) is 5. The third-order valence-corrected chi connectivity index (χ3v) is 4.76. The lowest BCUT2D eigenvalue weighted by atomic mass is 10.1. The maximum atomic E-state index is 12.1. The Morgan fingerprint density at radius 1 is 1.32 bits per heavy atom. The smallest absolute Gasteiger partial charge is 0.275 e. The van der Waals surface area contributed by atoms with Gasteiger partial charge in [0.15, 0.2) is 0 Å². The fourth-order valence-electron chi connectivity index (χ4n) is 2.26. The normalized spacial score (nSPS) is 11.0. The highest BCUT2D eigenvalue weighted by Gasteiger charge is 2.08. The van der Waals surface area contributed by atoms with Crippen molar-refractivity contribution in [3.05, 3.63) is 56.4 Å². The predicted octanol–water partition coefficient (Wildman–Crippen LogP) is 2.94. The van der Waals surface area contributed by atoms with Crippen LogP contribution in [-0.2, 0) is 13.0 Å². The number of hydrogen-bond donors (Lipinski definition) is 1. The van der Waals surface area contributed by atoms with Crippen LogP contribution in [-0.4, -0.2) is 14.6 Å². The molecule has 114 valence electrons. The quantitative estimate of drug-likeness (QED) is 0.804. The average molecular weight is 314 g/mol. The highest BCUT2D eigenvalue weighted by molar-refractivity contribution is 7.16. The SMILES string of the molecule is CCc1nn2c(=O)cc(CNc3cccc(C)c3C)nc2s1. The highest BCUT2D eigenvalue weighted by Crippen LogP contribution is 2.18. The van der Waals surface area contributed by atoms with E-state index in [9.17, 15) is 4.79 Å². The lowest BCUT2D eigenvalue weighted by Crippen LogP contribution is -2.17. The predicted molar refractivity (Wildman–Crippen MR) is 89.8 cm³/mol. The molecule has 0 aliphatic rings. The lowest BCUT2D eigenvalue weighted by molar-refractivity contribution is 0.846. The molecule has 1 N–H and O–H groups in total. The van der Waals surface area contributed by atoms with Gasteiger partial charge >= 0.3 is 0 Å². The molecule has 0 spiro atoms. The van der Waals surface area contributed by atoms with Crippen LogP contribution in [0.2, 0.25) is 0 Å². The molecule has 6 heteroatoms. The highest BCUT2D eigenvalue weighted by atomic mass is 32.1. The van der Waals surface area contributed by atoms with Crippen LogP contribution in [0.4, 0.5) is 5.69 Å². The first kappa shape index (κ1) is 14.7. The fourth-order valence-corrected chi connectivity index (χ4v) is 3.12. The van der Waals surface area contributed by atoms with Crippen LogP contribution in [0.25, 0.3) is 4.96 Å². The minimum atomic E-state index is -0.126. The molecule has 2 aromatic heterocycles. The van der Waals surface area contributed by atoms with Gasteiger partial charge in [0.2, 0.25) is 4.96 Å². The van der Waals surface area contributed by atoms with Crippen LogP contribution in [0.5, 0.6) is 0 Å². The van der Waals surface area contributed by atoms with Crippen molar-refractivity contribution < 1.29 is 0 Å². The zero-order valence-electron chi connectivity index (χ0n) is 12.9. The summed E-state index contributed by atoms with van der Waals surface area (Å²) in [6.45, 7) is 6.71. The van der Waals surface area contributed by atoms with Gasteiger partial charge in [-0.2, -0.15) is 9.61 Å². The molecule has 0 aliphatic heterocycles. The van der Waals surface area contributed by atoms with Gasteiger partial charge in [-0.3, -0.25) is 4.79 Å². The van der Waals surface area contributed by atoms with E-state index in [1.165, 1.54) is 27.0 Å². The number of aryl methyl sites for hydroxylation is 2. The zero-order valence-corrected chi connectivity index (χ0v) is 13.7. The molecule has 0 atom stereocenters. The van der Waals surface area contributed by atoms with Gasteiger partial charge in [-0.25, -0.2) is 4.98 Å². The monoisotopic (exact) mass is 314 g/mol. The summed E-state index contributed by atoms with van der Waals surface area (Å²) in [6, 6.07) is 7.69. The van der Waals surface area contributed by atoms with Crippen molar-refractivity contribution in [3.63, 3.8) is 0 Å². The molecule has 0 amide bonds. The summed E-state index contributed by atoms with van der Waals surface area (Å²) in [5.41, 5.74) is 4.13. The third kappa shape index (κ3) is 2.74. The van der Waals surface area contributed by atoms with Crippen molar-refractivity contribution >= 4 is 22.0 Å². The van der Waals surface area contributed by atoms with Gasteiger partial charge in [-0.15, -0.1) is 0 Å². The zero-order chi connectivity index (χ0) is 15.7. The minimum Gasteiger partial charge on any atom is -0.379 e. The first-order chi connectivity index (χ1) is 10.6. The maximum Gasteiger partial charge on any atom is 0.275 e. The second kappa shape index (κ2) is 5.88. The maximum absolute atomic E-state index is 12.1. The van der Waals surface area contributed by atoms with E-state index in [0.29, 0.717) is 11.5 Å². The summed E-state index contributed by atoms with van der Waals surface area (Å²) in [6.07, 6.45) is 0.809. The Balaban J connectivity index is 1.88. The van der Waals surface area contributed by atoms with E-state index < -0.39 is 0 Å². The van der Waals surface area contributed by atoms with Gasteiger partial charge in [-0.05, 0) is 37.5 Å². The second-order valence-corrected chi connectivity index (χ2v) is 6.27. The third-order valence-electron chi connectivity index (χ3n) is 3.71. The summed E-state index contributed by atoms with van der Waals surface area (Å²) in [7, 11) is 0. The number of rotatable bonds is 4. The standard InChI is InChI=1S/C16H18N4OS/c1-4-14-19-20-15(21)8-12(18-16(20)22-14)9-17-13-7-5-6-10(2)11(13)3/h5-8,17H,4,9H2,1-3H3. The number of benzene rings is 1. The van der Waals surface area contributed by atoms with Gasteiger partial charge in [0.25, 0.3) is 5.56 Å². The van der Waals surface area contributed by atoms with Gasteiger partial charge in [0.05, 0.1) is 12.2 Å². The van der Waals surface area contributed by atoms with Crippen molar-refractivity contribution in [2.45, 2.75) is 33.7 Å². The molecule has 1 aromatic carbocycles. The first-order valence-corrected chi connectivity index (χ1v) is 8.09. The van der Waals surface area contributed by atoms with Crippen LogP contribution < -0.4 is 10.9 Å². The summed E-state index contributed by atoms with van der Waals surface area (Å²) in [5.74, 6) is 0. The number of fused-ring (bicyclic) bond motifs is 1. The molecule has 2 heterocycles. The van der Waals surface area contributed by atoms with Gasteiger partial charge < -0.3 is 5.32 Å². The van der Waals surface area contributed by atoms with E-state index in [0.717, 1.165) is 22.8 Å². The lowest BCUT2D eigenvalue weighted by Gasteiger charge is -2.10. The second-order valence-electron chi connectivity index (χ2n) is 5.23. The summed E-state index contributed by atoms with van der Waals surface area (Å²) in [5, 5.41) is 8.53. The van der Waals surface area contributed by atoms with Crippen molar-refractivity contribution in [1.29, 1.82) is 0 Å². The molecule has 3 rings (SSSR count). The van der Waals surface area contributed by atoms with Crippen molar-refractivity contribution in [1.82, 2.24) is 14.6 Å². The molecule has 0 bridgehead atoms. The first-order valence-electron chi connectivity index (χ1n) is 7.27. The molecule has 0 radical (unpaired) electrons. The summed E-state index contributed by atoms with van der Waals surface area (Å²) in [4.78, 5) is 17.3. The molecule has 22 heavy (non-hydrogen) atoms. The number of anilines is 1. The van der Waals surface area contributed by atoms with Crippen LogP contribution in [0, 0.1) is 13.8 Å². The molecular weight excluding hydrogens is 296 g/mol. The Bertz CT molecular complexity index is 881. The molecule has 0 fully saturated rings. The van der Waals surface area contributed by atoms with E-state index >= 15 is 0 Å². The largest absolute Gasteiger partial charge is 0.379 e. The van der Waals surface area contributed by atoms with Crippen molar-refractivity contribution in [2.75, 3.05) is 5.32 Å². The summed E-state index contributed by atoms with van der Waals surface area (Å²) >= 11 is 1.47. The van der Waals surface area contributed by atoms with Crippen LogP contribution >= 0.6 is 11.3 Å². The van der Waals surface area contributed by atoms with E-state index in [-0.39, 0.29) is 5.56 Å². The Kier molecular flexibility index (Phi) is 3.94. The van der Waals surface area contributed by atoms with E-state index in [1.54, 1.807) is 6.07 Å². The van der Waals surface area contributed by atoms with Gasteiger partial charge in [-0.1, -0.05) is 30.4 Å². The fraction of sp³-hybridized carbons (Fsp3) is 0.312. The van der Waals surface area contributed by atoms with Crippen LogP contribution in [0.3, 0.4) is 0 Å². The Hall–Kier alpha value is -2.21. The summed E-state index contributed by atoms with van der Waals surface area (Å²) < 4.78 is 1.38. The van der Waals surface area contributed by atoms with E-state index in [1.807, 2.05) is 19.1 Å². The Labute approximate surface area is 132 Å².